The highest BCUT2D eigenvalue weighted by atomic mass is 16.5. The third-order valence-corrected chi connectivity index (χ3v) is 3.13. The molecule has 0 fully saturated rings. The fourth-order valence-electron chi connectivity index (χ4n) is 2.01. The molecule has 0 aliphatic heterocycles. The van der Waals surface area contributed by atoms with Crippen molar-refractivity contribution in [2.24, 2.45) is 0 Å². The molecule has 3 rings (SSSR count). The molecular formula is C16H14N2O2. The second-order valence-electron chi connectivity index (χ2n) is 4.64. The lowest BCUT2D eigenvalue weighted by Gasteiger charge is -2.10. The maximum atomic E-state index is 9.84. The lowest BCUT2D eigenvalue weighted by Crippen LogP contribution is -1.89. The minimum absolute atomic E-state index is 0.229. The molecule has 0 atom stereocenters. The summed E-state index contributed by atoms with van der Waals surface area (Å²) in [6.07, 6.45) is 1.69. The van der Waals surface area contributed by atoms with Gasteiger partial charge in [-0.1, -0.05) is 0 Å². The van der Waals surface area contributed by atoms with Gasteiger partial charge in [0.05, 0.1) is 5.52 Å². The van der Waals surface area contributed by atoms with Crippen molar-refractivity contribution in [1.29, 1.82) is 0 Å². The average molecular weight is 266 g/mol. The minimum Gasteiger partial charge on any atom is -0.508 e. The number of aromatic nitrogens is 1. The minimum atomic E-state index is 0.229. The number of hydrogen-bond acceptors (Lipinski definition) is 4. The van der Waals surface area contributed by atoms with Crippen LogP contribution in [0.4, 0.5) is 5.69 Å². The molecule has 0 amide bonds. The molecule has 0 spiro atoms. The first-order valence-corrected chi connectivity index (χ1v) is 6.25. The summed E-state index contributed by atoms with van der Waals surface area (Å²) in [4.78, 5) is 4.29. The largest absolute Gasteiger partial charge is 0.508 e. The lowest BCUT2D eigenvalue weighted by molar-refractivity contribution is 0.470. The number of aromatic hydroxyl groups is 1. The van der Waals surface area contributed by atoms with Crippen LogP contribution < -0.4 is 10.5 Å². The molecule has 3 N–H and O–H groups in total. The van der Waals surface area contributed by atoms with Crippen LogP contribution in [-0.2, 0) is 0 Å². The number of phenolic OH excluding ortho intramolecular Hbond substituents is 1. The Morgan fingerprint density at radius 3 is 2.60 bits per heavy atom. The van der Waals surface area contributed by atoms with Gasteiger partial charge in [0.1, 0.15) is 17.2 Å². The number of ether oxygens (including phenoxy) is 1. The molecule has 2 aromatic carbocycles. The number of anilines is 1. The number of pyridine rings is 1. The van der Waals surface area contributed by atoms with Crippen LogP contribution in [0, 0.1) is 6.92 Å². The van der Waals surface area contributed by atoms with Crippen molar-refractivity contribution in [3.8, 4) is 17.2 Å². The van der Waals surface area contributed by atoms with Crippen molar-refractivity contribution < 1.29 is 9.84 Å². The normalized spacial score (nSPS) is 10.7. The van der Waals surface area contributed by atoms with E-state index in [4.69, 9.17) is 10.5 Å². The standard InChI is InChI=1S/C16H14N2O2/c1-10-8-14-13(9-15(10)19)16(6-7-18-14)20-12-4-2-11(17)3-5-12/h2-9,19H,17H2,1H3. The quantitative estimate of drug-likeness (QED) is 0.695. The van der Waals surface area contributed by atoms with E-state index in [1.54, 1.807) is 42.6 Å². The van der Waals surface area contributed by atoms with Gasteiger partial charge >= 0.3 is 0 Å². The summed E-state index contributed by atoms with van der Waals surface area (Å²) in [6, 6.07) is 12.4. The zero-order valence-electron chi connectivity index (χ0n) is 11.0. The molecule has 0 saturated heterocycles. The van der Waals surface area contributed by atoms with Gasteiger partial charge in [-0.3, -0.25) is 4.98 Å². The molecule has 4 nitrogen and oxygen atoms in total. The second kappa shape index (κ2) is 4.74. The number of fused-ring (bicyclic) bond motifs is 1. The van der Waals surface area contributed by atoms with Crippen LogP contribution in [-0.4, -0.2) is 10.1 Å². The summed E-state index contributed by atoms with van der Waals surface area (Å²) in [7, 11) is 0. The van der Waals surface area contributed by atoms with Crippen LogP contribution >= 0.6 is 0 Å². The number of nitrogens with zero attached hydrogens (tertiary/aromatic N) is 1. The number of hydrogen-bond donors (Lipinski definition) is 2. The monoisotopic (exact) mass is 266 g/mol. The van der Waals surface area contributed by atoms with E-state index in [9.17, 15) is 5.11 Å². The Kier molecular flexibility index (Phi) is 2.91. The van der Waals surface area contributed by atoms with Crippen LogP contribution in [0.2, 0.25) is 0 Å². The molecule has 20 heavy (non-hydrogen) atoms. The third-order valence-electron chi connectivity index (χ3n) is 3.13. The highest BCUT2D eigenvalue weighted by Crippen LogP contribution is 2.32. The van der Waals surface area contributed by atoms with Crippen molar-refractivity contribution in [2.45, 2.75) is 6.92 Å². The Labute approximate surface area is 116 Å². The van der Waals surface area contributed by atoms with Crippen LogP contribution in [0.15, 0.2) is 48.7 Å². The van der Waals surface area contributed by atoms with E-state index >= 15 is 0 Å². The highest BCUT2D eigenvalue weighted by molar-refractivity contribution is 5.87. The number of phenols is 1. The van der Waals surface area contributed by atoms with Gasteiger partial charge in [-0.2, -0.15) is 0 Å². The van der Waals surface area contributed by atoms with Crippen LogP contribution in [0.1, 0.15) is 5.56 Å². The maximum absolute atomic E-state index is 9.84. The summed E-state index contributed by atoms with van der Waals surface area (Å²) >= 11 is 0. The SMILES string of the molecule is Cc1cc2nccc(Oc3ccc(N)cc3)c2cc1O. The topological polar surface area (TPSA) is 68.4 Å². The molecule has 4 heteroatoms. The van der Waals surface area contributed by atoms with E-state index in [0.717, 1.165) is 16.5 Å². The zero-order valence-corrected chi connectivity index (χ0v) is 11.0. The van der Waals surface area contributed by atoms with E-state index in [1.165, 1.54) is 0 Å². The zero-order chi connectivity index (χ0) is 14.1. The van der Waals surface area contributed by atoms with E-state index in [0.29, 0.717) is 17.2 Å². The number of nitrogen functional groups attached to an aromatic ring is 1. The van der Waals surface area contributed by atoms with Crippen molar-refractivity contribution >= 4 is 16.6 Å². The summed E-state index contributed by atoms with van der Waals surface area (Å²) in [6.45, 7) is 1.84. The molecule has 100 valence electrons. The van der Waals surface area contributed by atoms with Crippen LogP contribution in [0.5, 0.6) is 17.2 Å². The van der Waals surface area contributed by atoms with Gasteiger partial charge < -0.3 is 15.6 Å². The van der Waals surface area contributed by atoms with Gasteiger partial charge in [-0.25, -0.2) is 0 Å². The number of nitrogens with two attached hydrogens (primary N) is 1. The number of benzene rings is 2. The molecule has 0 saturated carbocycles. The molecule has 1 heterocycles. The van der Waals surface area contributed by atoms with Crippen LogP contribution in [0.3, 0.4) is 0 Å². The fraction of sp³-hybridized carbons (Fsp3) is 0.0625. The molecule has 1 aromatic heterocycles. The highest BCUT2D eigenvalue weighted by Gasteiger charge is 2.07. The number of rotatable bonds is 2. The summed E-state index contributed by atoms with van der Waals surface area (Å²) < 4.78 is 5.83. The Morgan fingerprint density at radius 1 is 1.10 bits per heavy atom. The van der Waals surface area contributed by atoms with Gasteiger partial charge in [0.2, 0.25) is 0 Å². The van der Waals surface area contributed by atoms with Gasteiger partial charge in [0.15, 0.2) is 0 Å². The second-order valence-corrected chi connectivity index (χ2v) is 4.64. The van der Waals surface area contributed by atoms with Crippen LogP contribution in [0.25, 0.3) is 10.9 Å². The summed E-state index contributed by atoms with van der Waals surface area (Å²) in [5.41, 5.74) is 7.91. The Morgan fingerprint density at radius 2 is 1.85 bits per heavy atom. The Balaban J connectivity index is 2.07. The lowest BCUT2D eigenvalue weighted by atomic mass is 10.1. The van der Waals surface area contributed by atoms with Crippen molar-refractivity contribution in [1.82, 2.24) is 4.98 Å². The molecular weight excluding hydrogens is 252 g/mol. The van der Waals surface area contributed by atoms with E-state index in [1.807, 2.05) is 13.0 Å². The van der Waals surface area contributed by atoms with Crippen molar-refractivity contribution in [3.63, 3.8) is 0 Å². The van der Waals surface area contributed by atoms with E-state index < -0.39 is 0 Å². The Hall–Kier alpha value is -2.75. The van der Waals surface area contributed by atoms with Gasteiger partial charge in [0.25, 0.3) is 0 Å². The smallest absolute Gasteiger partial charge is 0.138 e. The van der Waals surface area contributed by atoms with Gasteiger partial charge in [-0.15, -0.1) is 0 Å². The molecule has 0 radical (unpaired) electrons. The maximum Gasteiger partial charge on any atom is 0.138 e. The van der Waals surface area contributed by atoms with Gasteiger partial charge in [-0.05, 0) is 55.0 Å². The molecule has 0 aliphatic carbocycles. The Bertz CT molecular complexity index is 767. The third kappa shape index (κ3) is 2.23. The summed E-state index contributed by atoms with van der Waals surface area (Å²) in [5, 5.41) is 10.6. The first-order chi connectivity index (χ1) is 9.63. The predicted octanol–water partition coefficient (Wildman–Crippen LogP) is 3.62. The van der Waals surface area contributed by atoms with Crippen molar-refractivity contribution in [3.05, 3.63) is 54.2 Å². The fourth-order valence-corrected chi connectivity index (χ4v) is 2.01. The molecule has 0 aliphatic rings. The van der Waals surface area contributed by atoms with E-state index in [2.05, 4.69) is 4.98 Å². The summed E-state index contributed by atoms with van der Waals surface area (Å²) in [5.74, 6) is 1.56. The first kappa shape index (κ1) is 12.3. The number of aryl methyl sites for hydroxylation is 1. The van der Waals surface area contributed by atoms with Crippen molar-refractivity contribution in [2.75, 3.05) is 5.73 Å². The first-order valence-electron chi connectivity index (χ1n) is 6.25. The average Bonchev–Trinajstić information content (AvgIpc) is 2.43. The molecule has 0 bridgehead atoms. The molecule has 0 unspecified atom stereocenters. The van der Waals surface area contributed by atoms with Gasteiger partial charge in [0, 0.05) is 17.3 Å². The predicted molar refractivity (Wildman–Crippen MR) is 79.1 cm³/mol. The molecule has 3 aromatic rings. The van der Waals surface area contributed by atoms with E-state index in [-0.39, 0.29) is 5.75 Å².